The van der Waals surface area contributed by atoms with Gasteiger partial charge in [0.2, 0.25) is 11.6 Å². The second-order valence-electron chi connectivity index (χ2n) is 9.50. The van der Waals surface area contributed by atoms with E-state index in [4.69, 9.17) is 0 Å². The first-order valence-corrected chi connectivity index (χ1v) is 11.6. The van der Waals surface area contributed by atoms with E-state index >= 15 is 0 Å². The molecule has 0 bridgehead atoms. The number of ketones is 2. The van der Waals surface area contributed by atoms with E-state index in [1.165, 1.54) is 23.3 Å². The smallest absolute Gasteiger partial charge is 0.232 e. The number of aromatic hydroxyl groups is 2. The highest BCUT2D eigenvalue weighted by Gasteiger charge is 2.23. The van der Waals surface area contributed by atoms with Gasteiger partial charge < -0.3 is 10.2 Å². The molecule has 0 unspecified atom stereocenters. The van der Waals surface area contributed by atoms with Gasteiger partial charge in [-0.15, -0.1) is 0 Å². The number of Topliss-reactive ketones (excluding diaryl/α,β-unsaturated/α-hetero) is 2. The topological polar surface area (TPSA) is 74.6 Å². The Morgan fingerprint density at radius 3 is 1.68 bits per heavy atom. The van der Waals surface area contributed by atoms with Gasteiger partial charge in [0.05, 0.1) is 5.56 Å². The van der Waals surface area contributed by atoms with E-state index in [1.54, 1.807) is 0 Å². The van der Waals surface area contributed by atoms with Gasteiger partial charge in [0.1, 0.15) is 11.5 Å². The van der Waals surface area contributed by atoms with Crippen LogP contribution in [-0.2, 0) is 30.5 Å². The lowest BCUT2D eigenvalue weighted by molar-refractivity contribution is -0.114. The molecule has 180 valence electrons. The Balaban J connectivity index is 2.34. The Hall–Kier alpha value is -3.40. The highest BCUT2D eigenvalue weighted by molar-refractivity contribution is 6.44. The normalized spacial score (nSPS) is 10.4. The van der Waals surface area contributed by atoms with E-state index in [1.807, 2.05) is 59.8 Å². The van der Waals surface area contributed by atoms with Gasteiger partial charge in [0.15, 0.2) is 0 Å². The number of rotatable bonds is 10. The lowest BCUT2D eigenvalue weighted by Gasteiger charge is -2.11. The molecule has 2 aromatic carbocycles. The number of hydrogen-bond donors (Lipinski definition) is 2. The number of phenolic OH excluding ortho intramolecular Hbond substituents is 2. The van der Waals surface area contributed by atoms with Crippen molar-refractivity contribution >= 4 is 11.6 Å². The third-order valence-corrected chi connectivity index (χ3v) is 5.44. The van der Waals surface area contributed by atoms with E-state index in [9.17, 15) is 19.8 Å². The molecule has 0 saturated carbocycles. The number of carbonyl (C=O) groups is 2. The van der Waals surface area contributed by atoms with E-state index in [2.05, 4.69) is 18.2 Å². The van der Waals surface area contributed by atoms with Gasteiger partial charge in [-0.2, -0.15) is 0 Å². The van der Waals surface area contributed by atoms with Crippen molar-refractivity contribution in [2.75, 3.05) is 0 Å². The van der Waals surface area contributed by atoms with E-state index < -0.39 is 11.6 Å². The van der Waals surface area contributed by atoms with Crippen molar-refractivity contribution in [1.29, 1.82) is 0 Å². The molecule has 0 saturated heterocycles. The van der Waals surface area contributed by atoms with Crippen LogP contribution in [0.1, 0.15) is 74.2 Å². The molecule has 4 heteroatoms. The minimum Gasteiger partial charge on any atom is -0.508 e. The average Bonchev–Trinajstić information content (AvgIpc) is 2.75. The summed E-state index contributed by atoms with van der Waals surface area (Å²) in [5.74, 6) is -1.79. The summed E-state index contributed by atoms with van der Waals surface area (Å²) in [5, 5.41) is 20.8. The van der Waals surface area contributed by atoms with Gasteiger partial charge in [-0.1, -0.05) is 53.1 Å². The molecule has 0 radical (unpaired) electrons. The molecule has 0 aliphatic rings. The molecule has 0 spiro atoms. The largest absolute Gasteiger partial charge is 0.508 e. The quantitative estimate of drug-likeness (QED) is 0.237. The fourth-order valence-corrected chi connectivity index (χ4v) is 3.55. The summed E-state index contributed by atoms with van der Waals surface area (Å²) >= 11 is 0. The van der Waals surface area contributed by atoms with Crippen molar-refractivity contribution in [2.45, 2.75) is 67.2 Å². The number of benzene rings is 2. The second-order valence-corrected chi connectivity index (χ2v) is 9.50. The molecule has 2 N–H and O–H groups in total. The molecule has 2 rings (SSSR count). The van der Waals surface area contributed by atoms with Crippen LogP contribution in [0.15, 0.2) is 65.3 Å². The van der Waals surface area contributed by atoms with Gasteiger partial charge in [-0.05, 0) is 89.6 Å². The summed E-state index contributed by atoms with van der Waals surface area (Å²) in [4.78, 5) is 25.9. The standard InChI is InChI=1S/C30H36O4/c1-19(2)7-10-22-15-23(11-8-20(3)4)17-24(16-22)18-28(32)30(34)26-13-14-27(31)25(29(26)33)12-9-21(5)6/h7-9,13-17,31,33H,10-12,18H2,1-6H3. The van der Waals surface area contributed by atoms with Crippen LogP contribution in [0.4, 0.5) is 0 Å². The van der Waals surface area contributed by atoms with Crippen molar-refractivity contribution in [2.24, 2.45) is 0 Å². The van der Waals surface area contributed by atoms with Crippen LogP contribution in [0, 0.1) is 0 Å². The van der Waals surface area contributed by atoms with Crippen molar-refractivity contribution in [3.8, 4) is 11.5 Å². The highest BCUT2D eigenvalue weighted by atomic mass is 16.3. The number of allylic oxidation sites excluding steroid dienone is 6. The van der Waals surface area contributed by atoms with Crippen LogP contribution >= 0.6 is 0 Å². The summed E-state index contributed by atoms with van der Waals surface area (Å²) in [6.07, 6.45) is 7.86. The van der Waals surface area contributed by atoms with Gasteiger partial charge in [-0.3, -0.25) is 9.59 Å². The summed E-state index contributed by atoms with van der Waals surface area (Å²) in [6, 6.07) is 8.73. The predicted molar refractivity (Wildman–Crippen MR) is 139 cm³/mol. The van der Waals surface area contributed by atoms with Crippen LogP contribution in [0.5, 0.6) is 11.5 Å². The molecule has 2 aromatic rings. The molecular weight excluding hydrogens is 424 g/mol. The van der Waals surface area contributed by atoms with Crippen molar-refractivity contribution in [1.82, 2.24) is 0 Å². The lowest BCUT2D eigenvalue weighted by Crippen LogP contribution is -2.17. The van der Waals surface area contributed by atoms with E-state index in [0.717, 1.165) is 35.1 Å². The van der Waals surface area contributed by atoms with Crippen molar-refractivity contribution in [3.63, 3.8) is 0 Å². The SMILES string of the molecule is CC(C)=CCc1cc(CC=C(C)C)cc(CC(=O)C(=O)c2ccc(O)c(CC=C(C)C)c2O)c1. The minimum absolute atomic E-state index is 0.0487. The Kier molecular flexibility index (Phi) is 9.61. The molecule has 0 heterocycles. The third-order valence-electron chi connectivity index (χ3n) is 5.44. The van der Waals surface area contributed by atoms with Crippen LogP contribution < -0.4 is 0 Å². The maximum atomic E-state index is 12.9. The number of hydrogen-bond acceptors (Lipinski definition) is 4. The molecule has 0 fully saturated rings. The summed E-state index contributed by atoms with van der Waals surface area (Å²) in [6.45, 7) is 12.0. The van der Waals surface area contributed by atoms with Crippen LogP contribution in [0.3, 0.4) is 0 Å². The zero-order valence-electron chi connectivity index (χ0n) is 21.2. The van der Waals surface area contributed by atoms with Crippen molar-refractivity contribution in [3.05, 3.63) is 93.1 Å². The molecule has 4 nitrogen and oxygen atoms in total. The van der Waals surface area contributed by atoms with Crippen molar-refractivity contribution < 1.29 is 19.8 Å². The van der Waals surface area contributed by atoms with Crippen LogP contribution in [-0.4, -0.2) is 21.8 Å². The number of carbonyl (C=O) groups excluding carboxylic acids is 2. The Bertz CT molecular complexity index is 1110. The molecule has 0 aliphatic heterocycles. The maximum absolute atomic E-state index is 12.9. The minimum atomic E-state index is -0.753. The summed E-state index contributed by atoms with van der Waals surface area (Å²) in [7, 11) is 0. The first-order chi connectivity index (χ1) is 16.0. The van der Waals surface area contributed by atoms with Crippen LogP contribution in [0.2, 0.25) is 0 Å². The lowest BCUT2D eigenvalue weighted by atomic mass is 9.94. The Morgan fingerprint density at radius 1 is 0.706 bits per heavy atom. The highest BCUT2D eigenvalue weighted by Crippen LogP contribution is 2.32. The van der Waals surface area contributed by atoms with Gasteiger partial charge in [-0.25, -0.2) is 0 Å². The van der Waals surface area contributed by atoms with E-state index in [-0.39, 0.29) is 35.5 Å². The molecule has 0 aliphatic carbocycles. The van der Waals surface area contributed by atoms with E-state index in [0.29, 0.717) is 0 Å². The first-order valence-electron chi connectivity index (χ1n) is 11.6. The summed E-state index contributed by atoms with van der Waals surface area (Å²) in [5.41, 5.74) is 6.57. The average molecular weight is 461 g/mol. The molecule has 0 atom stereocenters. The van der Waals surface area contributed by atoms with Gasteiger partial charge in [0.25, 0.3) is 0 Å². The van der Waals surface area contributed by atoms with Gasteiger partial charge in [0, 0.05) is 12.0 Å². The number of phenols is 2. The molecule has 0 amide bonds. The Morgan fingerprint density at radius 2 is 1.18 bits per heavy atom. The first kappa shape index (κ1) is 26.8. The zero-order valence-corrected chi connectivity index (χ0v) is 21.2. The monoisotopic (exact) mass is 460 g/mol. The maximum Gasteiger partial charge on any atom is 0.232 e. The Labute approximate surface area is 203 Å². The van der Waals surface area contributed by atoms with Crippen LogP contribution in [0.25, 0.3) is 0 Å². The molecule has 34 heavy (non-hydrogen) atoms. The predicted octanol–water partition coefficient (Wildman–Crippen LogP) is 6.62. The summed E-state index contributed by atoms with van der Waals surface area (Å²) < 4.78 is 0. The second kappa shape index (κ2) is 12.2. The molecular formula is C30H36O4. The zero-order chi connectivity index (χ0) is 25.4. The fourth-order valence-electron chi connectivity index (χ4n) is 3.55. The third kappa shape index (κ3) is 7.87. The fraction of sp³-hybridized carbons (Fsp3) is 0.333. The molecule has 0 aromatic heterocycles. The van der Waals surface area contributed by atoms with Gasteiger partial charge >= 0.3 is 0 Å².